The van der Waals surface area contributed by atoms with Crippen LogP contribution >= 0.6 is 0 Å². The van der Waals surface area contributed by atoms with Crippen LogP contribution in [0.5, 0.6) is 0 Å². The molecule has 0 spiro atoms. The molecule has 0 aromatic heterocycles. The molecule has 0 saturated heterocycles. The second kappa shape index (κ2) is 16.9. The van der Waals surface area contributed by atoms with Crippen molar-refractivity contribution in [2.24, 2.45) is 80.8 Å². The van der Waals surface area contributed by atoms with Gasteiger partial charge in [-0.3, -0.25) is 0 Å². The molecule has 348 valence electrons. The van der Waals surface area contributed by atoms with Crippen LogP contribution in [0.1, 0.15) is 210 Å². The van der Waals surface area contributed by atoms with Gasteiger partial charge in [0.15, 0.2) is 0 Å². The van der Waals surface area contributed by atoms with E-state index in [0.717, 1.165) is 99.7 Å². The molecule has 6 saturated carbocycles. The molecule has 0 unspecified atom stereocenters. The summed E-state index contributed by atoms with van der Waals surface area (Å²) in [5.74, 6) is 7.30. The Morgan fingerprint density at radius 2 is 1.00 bits per heavy atom. The molecule has 0 radical (unpaired) electrons. The Hall–Kier alpha value is -0.730. The highest BCUT2D eigenvalue weighted by Gasteiger charge is 2.61. The molecule has 6 fully saturated rings. The summed E-state index contributed by atoms with van der Waals surface area (Å²) < 4.78 is 39.5. The van der Waals surface area contributed by atoms with Crippen LogP contribution in [0.2, 0.25) is 0 Å². The first kappa shape index (κ1) is 46.8. The summed E-state index contributed by atoms with van der Waals surface area (Å²) in [6.45, 7) is 23.0. The van der Waals surface area contributed by atoms with E-state index in [1.54, 1.807) is 0 Å². The smallest absolute Gasteiger partial charge is 0.390 e. The minimum atomic E-state index is -4.12. The molecular formula is C54H90O6S. The van der Waals surface area contributed by atoms with Crippen LogP contribution in [0.15, 0.2) is 23.3 Å². The van der Waals surface area contributed by atoms with Gasteiger partial charge in [0.05, 0.1) is 23.4 Å². The van der Waals surface area contributed by atoms with Crippen molar-refractivity contribution in [3.63, 3.8) is 0 Å². The standard InChI is InChI=1S/C54H90O6S/c1-35(13-11-27-49(3,4)55)43-19-21-45-41-17-15-37-33-39(23-29-51(37,7)47(41)25-31-53(43,45)9)59-61(57,58)60-40-24-30-52(8)38(34-40)16-18-42-46-22-20-44(54(46,10)32-26-48(42)52)36(2)14-12-28-50(5,6)56/h15-16,35-36,39-48,55-56H,11-14,17-34H2,1-10H3/t35-,36-,39+,40+,41+,42+,43-,44-,45+,46+,47+,48+,51+,52+,53-,54-/m1/s1. The van der Waals surface area contributed by atoms with Crippen LogP contribution in [-0.2, 0) is 18.8 Å². The largest absolute Gasteiger partial charge is 0.400 e. The van der Waals surface area contributed by atoms with Gasteiger partial charge in [0, 0.05) is 0 Å². The van der Waals surface area contributed by atoms with E-state index in [1.165, 1.54) is 75.4 Å². The number of hydrogen-bond donors (Lipinski definition) is 2. The SMILES string of the molecule is C[C@H](CCCC(C)(C)O)[C@H]1CC[C@H]2[C@@H]3CC=C4C[C@@H](OS(=O)(=O)O[C@H]5CC[C@@]6(C)C(=CC[C@H]7[C@@H]8CC[C@H]([C@H](C)CCCC(C)(C)O)[C@@]8(C)CC[C@@H]76)C5)CC[C@]4(C)[C@H]3CC[C@]12C. The third-order valence-electron chi connectivity index (χ3n) is 21.0. The second-order valence-electron chi connectivity index (χ2n) is 25.7. The lowest BCUT2D eigenvalue weighted by atomic mass is 9.47. The van der Waals surface area contributed by atoms with Crippen LogP contribution in [0.4, 0.5) is 0 Å². The number of aliphatic hydroxyl groups is 2. The maximum atomic E-state index is 13.7. The van der Waals surface area contributed by atoms with Crippen LogP contribution < -0.4 is 0 Å². The summed E-state index contributed by atoms with van der Waals surface area (Å²) in [6, 6.07) is 0. The molecule has 0 aliphatic heterocycles. The predicted molar refractivity (Wildman–Crippen MR) is 248 cm³/mol. The maximum absolute atomic E-state index is 13.7. The quantitative estimate of drug-likeness (QED) is 0.169. The average Bonchev–Trinajstić information content (AvgIpc) is 3.70. The highest BCUT2D eigenvalue weighted by Crippen LogP contribution is 2.69. The molecule has 6 nitrogen and oxygen atoms in total. The minimum absolute atomic E-state index is 0.135. The highest BCUT2D eigenvalue weighted by molar-refractivity contribution is 7.81. The zero-order chi connectivity index (χ0) is 44.0. The lowest BCUT2D eigenvalue weighted by Gasteiger charge is -2.58. The van der Waals surface area contributed by atoms with E-state index in [9.17, 15) is 18.6 Å². The zero-order valence-electron chi connectivity index (χ0n) is 40.6. The molecule has 8 rings (SSSR count). The van der Waals surface area contributed by atoms with Gasteiger partial charge in [-0.2, -0.15) is 8.42 Å². The minimum Gasteiger partial charge on any atom is -0.390 e. The van der Waals surface area contributed by atoms with Gasteiger partial charge < -0.3 is 10.2 Å². The molecule has 0 bridgehead atoms. The van der Waals surface area contributed by atoms with Gasteiger partial charge in [0.2, 0.25) is 0 Å². The first-order chi connectivity index (χ1) is 28.5. The molecule has 0 aromatic rings. The Morgan fingerprint density at radius 3 is 1.38 bits per heavy atom. The molecule has 8 aliphatic carbocycles. The molecule has 61 heavy (non-hydrogen) atoms. The normalized spacial score (nSPS) is 44.7. The Kier molecular flexibility index (Phi) is 12.9. The molecule has 2 N–H and O–H groups in total. The van der Waals surface area contributed by atoms with Crippen LogP contribution in [0.3, 0.4) is 0 Å². The van der Waals surface area contributed by atoms with Crippen LogP contribution in [0.25, 0.3) is 0 Å². The van der Waals surface area contributed by atoms with E-state index in [1.807, 2.05) is 27.7 Å². The zero-order valence-corrected chi connectivity index (χ0v) is 41.4. The molecule has 16 atom stereocenters. The Morgan fingerprint density at radius 1 is 0.607 bits per heavy atom. The fourth-order valence-electron chi connectivity index (χ4n) is 17.8. The van der Waals surface area contributed by atoms with Crippen molar-refractivity contribution in [3.8, 4) is 0 Å². The van der Waals surface area contributed by atoms with Gasteiger partial charge in [0.1, 0.15) is 0 Å². The Bertz CT molecular complexity index is 1630. The van der Waals surface area contributed by atoms with E-state index in [-0.39, 0.29) is 23.0 Å². The van der Waals surface area contributed by atoms with Crippen LogP contribution in [-0.4, -0.2) is 42.0 Å². The Labute approximate surface area is 374 Å². The van der Waals surface area contributed by atoms with E-state index in [2.05, 4.69) is 53.7 Å². The van der Waals surface area contributed by atoms with Crippen molar-refractivity contribution in [3.05, 3.63) is 23.3 Å². The molecule has 0 heterocycles. The van der Waals surface area contributed by atoms with Crippen molar-refractivity contribution in [2.45, 2.75) is 234 Å². The molecule has 8 aliphatic rings. The number of fused-ring (bicyclic) bond motifs is 10. The molecule has 0 aromatic carbocycles. The maximum Gasteiger partial charge on any atom is 0.400 e. The van der Waals surface area contributed by atoms with E-state index >= 15 is 0 Å². The summed E-state index contributed by atoms with van der Waals surface area (Å²) in [5.41, 5.74) is 2.84. The van der Waals surface area contributed by atoms with Crippen molar-refractivity contribution in [2.75, 3.05) is 0 Å². The van der Waals surface area contributed by atoms with Crippen LogP contribution in [0, 0.1) is 80.8 Å². The highest BCUT2D eigenvalue weighted by atomic mass is 32.3. The van der Waals surface area contributed by atoms with E-state index in [0.29, 0.717) is 47.3 Å². The first-order valence-corrected chi connectivity index (χ1v) is 27.2. The monoisotopic (exact) mass is 867 g/mol. The third-order valence-corrected chi connectivity index (χ3v) is 22.1. The summed E-state index contributed by atoms with van der Waals surface area (Å²) in [4.78, 5) is 0. The van der Waals surface area contributed by atoms with E-state index in [4.69, 9.17) is 8.37 Å². The van der Waals surface area contributed by atoms with Gasteiger partial charge in [0.25, 0.3) is 0 Å². The number of allylic oxidation sites excluding steroid dienone is 2. The summed E-state index contributed by atoms with van der Waals surface area (Å²) >= 11 is 0. The van der Waals surface area contributed by atoms with Gasteiger partial charge in [-0.05, 0) is 224 Å². The van der Waals surface area contributed by atoms with Crippen molar-refractivity contribution in [1.82, 2.24) is 0 Å². The molecular weight excluding hydrogens is 777 g/mol. The molecule has 0 amide bonds. The van der Waals surface area contributed by atoms with Gasteiger partial charge >= 0.3 is 10.4 Å². The average molecular weight is 867 g/mol. The fourth-order valence-corrected chi connectivity index (χ4v) is 18.9. The third kappa shape index (κ3) is 8.96. The summed E-state index contributed by atoms with van der Waals surface area (Å²) in [6.07, 6.45) is 28.6. The van der Waals surface area contributed by atoms with Crippen molar-refractivity contribution < 1.29 is 27.0 Å². The van der Waals surface area contributed by atoms with E-state index < -0.39 is 21.6 Å². The van der Waals surface area contributed by atoms with Gasteiger partial charge in [-0.1, -0.05) is 90.5 Å². The van der Waals surface area contributed by atoms with Gasteiger partial charge in [-0.15, -0.1) is 0 Å². The van der Waals surface area contributed by atoms with Crippen molar-refractivity contribution >= 4 is 10.4 Å². The first-order valence-electron chi connectivity index (χ1n) is 25.9. The van der Waals surface area contributed by atoms with Gasteiger partial charge in [-0.25, -0.2) is 8.37 Å². The molecule has 7 heteroatoms. The lowest BCUT2D eigenvalue weighted by molar-refractivity contribution is -0.0591. The van der Waals surface area contributed by atoms with Crippen molar-refractivity contribution in [1.29, 1.82) is 0 Å². The topological polar surface area (TPSA) is 93.1 Å². The lowest BCUT2D eigenvalue weighted by Crippen LogP contribution is -2.51. The number of rotatable bonds is 14. The second-order valence-corrected chi connectivity index (χ2v) is 26.9. The fraction of sp³-hybridized carbons (Fsp3) is 0.926. The Balaban J connectivity index is 0.850. The number of hydrogen-bond acceptors (Lipinski definition) is 6. The summed E-state index contributed by atoms with van der Waals surface area (Å²) in [7, 11) is -4.12. The summed E-state index contributed by atoms with van der Waals surface area (Å²) in [5, 5.41) is 20.6. The predicted octanol–water partition coefficient (Wildman–Crippen LogP) is 13.3.